The van der Waals surface area contributed by atoms with Crippen LogP contribution < -0.4 is 10.6 Å². The predicted octanol–water partition coefficient (Wildman–Crippen LogP) is 3.37. The molecule has 0 radical (unpaired) electrons. The topological polar surface area (TPSA) is 66.0 Å². The number of hydrogen-bond acceptors (Lipinski definition) is 3. The van der Waals surface area contributed by atoms with Gasteiger partial charge in [0.2, 0.25) is 0 Å². The maximum Gasteiger partial charge on any atom is 0.407 e. The second-order valence-electron chi connectivity index (χ2n) is 6.74. The summed E-state index contributed by atoms with van der Waals surface area (Å²) in [6.45, 7) is 7.28. The lowest BCUT2D eigenvalue weighted by Crippen LogP contribution is -2.40. The molecule has 0 aliphatic heterocycles. The molecule has 148 valence electrons. The van der Waals surface area contributed by atoms with Crippen molar-refractivity contribution in [1.82, 2.24) is 15.5 Å². The first-order valence-electron chi connectivity index (χ1n) is 8.34. The molecule has 0 saturated heterocycles. The number of hydrogen-bond donors (Lipinski definition) is 2. The second-order valence-corrected chi connectivity index (χ2v) is 6.74. The SMILES string of the molecule is CN=C(NCCCNC(=O)OC(C)(C)C)N(C)Cc1ccc(F)cc1.I. The van der Waals surface area contributed by atoms with E-state index >= 15 is 0 Å². The molecule has 0 aromatic heterocycles. The van der Waals surface area contributed by atoms with Crippen LogP contribution in [0.2, 0.25) is 0 Å². The minimum Gasteiger partial charge on any atom is -0.444 e. The van der Waals surface area contributed by atoms with E-state index in [-0.39, 0.29) is 29.8 Å². The fourth-order valence-electron chi connectivity index (χ4n) is 2.12. The van der Waals surface area contributed by atoms with Crippen LogP contribution in [0, 0.1) is 5.82 Å². The van der Waals surface area contributed by atoms with E-state index in [0.717, 1.165) is 17.9 Å². The van der Waals surface area contributed by atoms with Crippen LogP contribution in [-0.4, -0.2) is 49.7 Å². The van der Waals surface area contributed by atoms with Crippen molar-refractivity contribution < 1.29 is 13.9 Å². The van der Waals surface area contributed by atoms with Crippen molar-refractivity contribution in [3.05, 3.63) is 35.6 Å². The lowest BCUT2D eigenvalue weighted by Gasteiger charge is -2.22. The lowest BCUT2D eigenvalue weighted by atomic mass is 10.2. The molecule has 2 N–H and O–H groups in total. The summed E-state index contributed by atoms with van der Waals surface area (Å²) in [4.78, 5) is 17.7. The van der Waals surface area contributed by atoms with E-state index in [9.17, 15) is 9.18 Å². The number of rotatable bonds is 6. The number of aliphatic imine (C=N–C) groups is 1. The van der Waals surface area contributed by atoms with Gasteiger partial charge in [0.1, 0.15) is 11.4 Å². The fraction of sp³-hybridized carbons (Fsp3) is 0.556. The molecule has 0 bridgehead atoms. The van der Waals surface area contributed by atoms with E-state index in [1.807, 2.05) is 32.7 Å². The number of ether oxygens (including phenoxy) is 1. The molecule has 1 aromatic rings. The van der Waals surface area contributed by atoms with Gasteiger partial charge in [0.15, 0.2) is 5.96 Å². The summed E-state index contributed by atoms with van der Waals surface area (Å²) < 4.78 is 18.1. The minimum atomic E-state index is -0.493. The molecule has 26 heavy (non-hydrogen) atoms. The molecule has 1 amide bonds. The van der Waals surface area contributed by atoms with Gasteiger partial charge in [-0.2, -0.15) is 0 Å². The highest BCUT2D eigenvalue weighted by molar-refractivity contribution is 14.0. The largest absolute Gasteiger partial charge is 0.444 e. The van der Waals surface area contributed by atoms with Gasteiger partial charge in [0.25, 0.3) is 0 Å². The highest BCUT2D eigenvalue weighted by atomic mass is 127. The summed E-state index contributed by atoms with van der Waals surface area (Å²) in [5.74, 6) is 0.494. The molecule has 0 heterocycles. The lowest BCUT2D eigenvalue weighted by molar-refractivity contribution is 0.0527. The number of carbonyl (C=O) groups excluding carboxylic acids is 1. The van der Waals surface area contributed by atoms with Crippen molar-refractivity contribution in [3.8, 4) is 0 Å². The molecule has 0 unspecified atom stereocenters. The molecule has 6 nitrogen and oxygen atoms in total. The number of amides is 1. The highest BCUT2D eigenvalue weighted by Gasteiger charge is 2.15. The third kappa shape index (κ3) is 10.4. The van der Waals surface area contributed by atoms with Gasteiger partial charge in [-0.05, 0) is 44.9 Å². The molecular formula is C18H30FIN4O2. The molecule has 8 heteroatoms. The van der Waals surface area contributed by atoms with Crippen LogP contribution in [0.5, 0.6) is 0 Å². The summed E-state index contributed by atoms with van der Waals surface area (Å²) in [5.41, 5.74) is 0.506. The Kier molecular flexibility index (Phi) is 11.2. The Bertz CT molecular complexity index is 574. The van der Waals surface area contributed by atoms with E-state index in [4.69, 9.17) is 4.74 Å². The monoisotopic (exact) mass is 480 g/mol. The van der Waals surface area contributed by atoms with Crippen molar-refractivity contribution in [3.63, 3.8) is 0 Å². The Labute approximate surface area is 172 Å². The van der Waals surface area contributed by atoms with E-state index in [2.05, 4.69) is 15.6 Å². The van der Waals surface area contributed by atoms with Gasteiger partial charge in [-0.25, -0.2) is 9.18 Å². The van der Waals surface area contributed by atoms with Crippen LogP contribution in [0.15, 0.2) is 29.3 Å². The van der Waals surface area contributed by atoms with Crippen LogP contribution in [0.25, 0.3) is 0 Å². The van der Waals surface area contributed by atoms with Crippen molar-refractivity contribution in [1.29, 1.82) is 0 Å². The number of halogens is 2. The van der Waals surface area contributed by atoms with E-state index in [1.54, 1.807) is 19.2 Å². The number of guanidine groups is 1. The van der Waals surface area contributed by atoms with Crippen molar-refractivity contribution >= 4 is 36.0 Å². The predicted molar refractivity (Wildman–Crippen MR) is 113 cm³/mol. The summed E-state index contributed by atoms with van der Waals surface area (Å²) in [5, 5.41) is 5.95. The number of benzene rings is 1. The summed E-state index contributed by atoms with van der Waals surface area (Å²) in [7, 11) is 3.63. The van der Waals surface area contributed by atoms with Crippen LogP contribution in [0.1, 0.15) is 32.8 Å². The number of alkyl carbamates (subject to hydrolysis) is 1. The molecule has 0 aliphatic carbocycles. The normalized spacial score (nSPS) is 11.4. The highest BCUT2D eigenvalue weighted by Crippen LogP contribution is 2.07. The van der Waals surface area contributed by atoms with Gasteiger partial charge in [-0.3, -0.25) is 4.99 Å². The third-order valence-corrected chi connectivity index (χ3v) is 3.21. The van der Waals surface area contributed by atoms with E-state index in [1.165, 1.54) is 12.1 Å². The number of nitrogens with one attached hydrogen (secondary N) is 2. The van der Waals surface area contributed by atoms with Crippen LogP contribution >= 0.6 is 24.0 Å². The molecule has 0 atom stereocenters. The molecule has 0 fully saturated rings. The summed E-state index contributed by atoms with van der Waals surface area (Å²) >= 11 is 0. The maximum absolute atomic E-state index is 12.9. The Morgan fingerprint density at radius 1 is 1.19 bits per heavy atom. The zero-order chi connectivity index (χ0) is 18.9. The Morgan fingerprint density at radius 2 is 1.77 bits per heavy atom. The fourth-order valence-corrected chi connectivity index (χ4v) is 2.12. The summed E-state index contributed by atoms with van der Waals surface area (Å²) in [6, 6.07) is 6.40. The first-order chi connectivity index (χ1) is 11.7. The minimum absolute atomic E-state index is 0. The smallest absolute Gasteiger partial charge is 0.407 e. The zero-order valence-corrected chi connectivity index (χ0v) is 18.5. The second kappa shape index (κ2) is 11.9. The molecule has 0 saturated carbocycles. The molecular weight excluding hydrogens is 450 g/mol. The van der Waals surface area contributed by atoms with Gasteiger partial charge in [0, 0.05) is 33.7 Å². The number of nitrogens with zero attached hydrogens (tertiary/aromatic N) is 2. The average Bonchev–Trinajstić information content (AvgIpc) is 2.51. The van der Waals surface area contributed by atoms with Gasteiger partial charge in [0.05, 0.1) is 0 Å². The Balaban J connectivity index is 0.00000625. The van der Waals surface area contributed by atoms with Gasteiger partial charge >= 0.3 is 6.09 Å². The van der Waals surface area contributed by atoms with Crippen LogP contribution in [0.4, 0.5) is 9.18 Å². The Hall–Kier alpha value is -1.58. The van der Waals surface area contributed by atoms with Crippen LogP contribution in [-0.2, 0) is 11.3 Å². The zero-order valence-electron chi connectivity index (χ0n) is 16.1. The van der Waals surface area contributed by atoms with Crippen molar-refractivity contribution in [2.75, 3.05) is 27.2 Å². The quantitative estimate of drug-likeness (QED) is 0.284. The van der Waals surface area contributed by atoms with Crippen molar-refractivity contribution in [2.24, 2.45) is 4.99 Å². The standard InChI is InChI=1S/C18H29FN4O2.HI/c1-18(2,3)25-17(24)22-12-6-11-21-16(20-4)23(5)13-14-7-9-15(19)10-8-14;/h7-10H,6,11-13H2,1-5H3,(H,20,21)(H,22,24);1H. The van der Waals surface area contributed by atoms with E-state index in [0.29, 0.717) is 19.6 Å². The molecule has 0 spiro atoms. The summed E-state index contributed by atoms with van der Waals surface area (Å²) in [6.07, 6.45) is 0.327. The van der Waals surface area contributed by atoms with Crippen LogP contribution in [0.3, 0.4) is 0 Å². The third-order valence-electron chi connectivity index (χ3n) is 3.21. The maximum atomic E-state index is 12.9. The molecule has 0 aliphatic rings. The van der Waals surface area contributed by atoms with E-state index < -0.39 is 11.7 Å². The van der Waals surface area contributed by atoms with Gasteiger partial charge < -0.3 is 20.3 Å². The van der Waals surface area contributed by atoms with Crippen molar-refractivity contribution in [2.45, 2.75) is 39.3 Å². The molecule has 1 rings (SSSR count). The molecule has 1 aromatic carbocycles. The first kappa shape index (κ1) is 24.4. The number of carbonyl (C=O) groups is 1. The van der Waals surface area contributed by atoms with Gasteiger partial charge in [-0.15, -0.1) is 24.0 Å². The Morgan fingerprint density at radius 3 is 2.31 bits per heavy atom. The first-order valence-corrected chi connectivity index (χ1v) is 8.34. The van der Waals surface area contributed by atoms with Gasteiger partial charge in [-0.1, -0.05) is 12.1 Å². The average molecular weight is 480 g/mol.